The van der Waals surface area contributed by atoms with Crippen LogP contribution in [0.1, 0.15) is 35.3 Å². The number of thiazole rings is 1. The number of fused-ring (bicyclic) bond motifs is 1. The Labute approximate surface area is 150 Å². The lowest BCUT2D eigenvalue weighted by atomic mass is 10.1. The lowest BCUT2D eigenvalue weighted by Crippen LogP contribution is -2.29. The Kier molecular flexibility index (Phi) is 4.72. The molecule has 3 aromatic rings. The van der Waals surface area contributed by atoms with Crippen LogP contribution in [0.15, 0.2) is 41.9 Å². The number of benzene rings is 1. The second kappa shape index (κ2) is 7.29. The fourth-order valence-electron chi connectivity index (χ4n) is 3.24. The zero-order valence-corrected chi connectivity index (χ0v) is 14.8. The van der Waals surface area contributed by atoms with Crippen LogP contribution >= 0.6 is 11.3 Å². The zero-order chi connectivity index (χ0) is 17.1. The van der Waals surface area contributed by atoms with E-state index in [0.29, 0.717) is 16.2 Å². The van der Waals surface area contributed by atoms with Gasteiger partial charge in [0.1, 0.15) is 0 Å². The molecule has 0 spiro atoms. The van der Waals surface area contributed by atoms with Crippen LogP contribution in [0.5, 0.6) is 0 Å². The third-order valence-corrected chi connectivity index (χ3v) is 5.29. The summed E-state index contributed by atoms with van der Waals surface area (Å²) in [6, 6.07) is 9.46. The van der Waals surface area contributed by atoms with Crippen molar-refractivity contribution in [3.8, 4) is 0 Å². The van der Waals surface area contributed by atoms with E-state index in [1.165, 1.54) is 30.6 Å². The number of hydrogen-bond donors (Lipinski definition) is 1. The van der Waals surface area contributed by atoms with Crippen LogP contribution < -0.4 is 5.32 Å². The Balaban J connectivity index is 1.47. The van der Waals surface area contributed by atoms with Gasteiger partial charge < -0.3 is 0 Å². The first kappa shape index (κ1) is 16.2. The minimum atomic E-state index is -0.164. The van der Waals surface area contributed by atoms with E-state index in [-0.39, 0.29) is 5.91 Å². The summed E-state index contributed by atoms with van der Waals surface area (Å²) in [4.78, 5) is 24.0. The van der Waals surface area contributed by atoms with Crippen molar-refractivity contribution in [1.82, 2.24) is 14.9 Å². The van der Waals surface area contributed by atoms with Crippen molar-refractivity contribution in [3.05, 3.63) is 53.2 Å². The average Bonchev–Trinajstić information content (AvgIpc) is 3.09. The van der Waals surface area contributed by atoms with Gasteiger partial charge >= 0.3 is 0 Å². The topological polar surface area (TPSA) is 58.1 Å². The summed E-state index contributed by atoms with van der Waals surface area (Å²) in [5, 5.41) is 6.55. The molecule has 5 nitrogen and oxygen atoms in total. The van der Waals surface area contributed by atoms with Crippen LogP contribution in [-0.2, 0) is 6.54 Å². The van der Waals surface area contributed by atoms with E-state index in [2.05, 4.69) is 20.2 Å². The van der Waals surface area contributed by atoms with Gasteiger partial charge in [-0.25, -0.2) is 4.98 Å². The zero-order valence-electron chi connectivity index (χ0n) is 13.9. The Hall–Kier alpha value is -2.31. The number of pyridine rings is 1. The Morgan fingerprint density at radius 2 is 2.00 bits per heavy atom. The number of piperidine rings is 1. The molecule has 4 rings (SSSR count). The van der Waals surface area contributed by atoms with Gasteiger partial charge in [-0.1, -0.05) is 24.6 Å². The highest BCUT2D eigenvalue weighted by Crippen LogP contribution is 2.21. The van der Waals surface area contributed by atoms with Crippen molar-refractivity contribution in [2.45, 2.75) is 25.8 Å². The summed E-state index contributed by atoms with van der Waals surface area (Å²) in [5.74, 6) is -0.164. The standard InChI is InChI=1S/C19H20N4OS/c24-18(16-8-4-6-14-7-5-9-20-17(14)16)22-19-21-15(13-25-19)12-23-10-2-1-3-11-23/h4-9,13H,1-3,10-12H2,(H,21,22,24). The lowest BCUT2D eigenvalue weighted by molar-refractivity contribution is 0.102. The normalized spacial score (nSPS) is 15.4. The third-order valence-electron chi connectivity index (χ3n) is 4.48. The van der Waals surface area contributed by atoms with E-state index < -0.39 is 0 Å². The van der Waals surface area contributed by atoms with Gasteiger partial charge in [0.25, 0.3) is 5.91 Å². The van der Waals surface area contributed by atoms with Crippen LogP contribution in [0.2, 0.25) is 0 Å². The van der Waals surface area contributed by atoms with E-state index >= 15 is 0 Å². The molecule has 1 fully saturated rings. The van der Waals surface area contributed by atoms with E-state index in [1.807, 2.05) is 29.6 Å². The number of likely N-dealkylation sites (tertiary alicyclic amines) is 1. The highest BCUT2D eigenvalue weighted by molar-refractivity contribution is 7.14. The maximum Gasteiger partial charge on any atom is 0.259 e. The van der Waals surface area contributed by atoms with E-state index in [4.69, 9.17) is 0 Å². The molecule has 1 aliphatic rings. The van der Waals surface area contributed by atoms with Crippen LogP contribution in [0.3, 0.4) is 0 Å². The first-order valence-electron chi connectivity index (χ1n) is 8.61. The maximum atomic E-state index is 12.6. The molecule has 0 saturated carbocycles. The second-order valence-electron chi connectivity index (χ2n) is 6.32. The van der Waals surface area contributed by atoms with Crippen molar-refractivity contribution in [2.75, 3.05) is 18.4 Å². The minimum Gasteiger partial charge on any atom is -0.298 e. The summed E-state index contributed by atoms with van der Waals surface area (Å²) >= 11 is 1.48. The highest BCUT2D eigenvalue weighted by atomic mass is 32.1. The number of carbonyl (C=O) groups excluding carboxylic acids is 1. The number of rotatable bonds is 4. The van der Waals surface area contributed by atoms with Crippen molar-refractivity contribution in [2.24, 2.45) is 0 Å². The molecule has 3 heterocycles. The van der Waals surface area contributed by atoms with Gasteiger partial charge in [-0.15, -0.1) is 11.3 Å². The summed E-state index contributed by atoms with van der Waals surface area (Å²) in [7, 11) is 0. The predicted octanol–water partition coefficient (Wildman–Crippen LogP) is 3.93. The van der Waals surface area contributed by atoms with Gasteiger partial charge in [0, 0.05) is 23.5 Å². The number of hydrogen-bond acceptors (Lipinski definition) is 5. The van der Waals surface area contributed by atoms with E-state index in [0.717, 1.165) is 30.7 Å². The van der Waals surface area contributed by atoms with Crippen molar-refractivity contribution >= 4 is 33.3 Å². The first-order chi connectivity index (χ1) is 12.3. The number of carbonyl (C=O) groups is 1. The number of anilines is 1. The molecule has 1 amide bonds. The molecule has 1 saturated heterocycles. The molecule has 0 aliphatic carbocycles. The van der Waals surface area contributed by atoms with E-state index in [9.17, 15) is 4.79 Å². The predicted molar refractivity (Wildman–Crippen MR) is 101 cm³/mol. The highest BCUT2D eigenvalue weighted by Gasteiger charge is 2.15. The van der Waals surface area contributed by atoms with Gasteiger partial charge in [-0.3, -0.25) is 20.0 Å². The Morgan fingerprint density at radius 3 is 2.88 bits per heavy atom. The molecule has 0 atom stereocenters. The summed E-state index contributed by atoms with van der Waals surface area (Å²) in [6.45, 7) is 3.14. The molecular weight excluding hydrogens is 332 g/mol. The Bertz CT molecular complexity index is 881. The van der Waals surface area contributed by atoms with Gasteiger partial charge in [-0.2, -0.15) is 0 Å². The van der Waals surface area contributed by atoms with Crippen LogP contribution in [0.4, 0.5) is 5.13 Å². The molecule has 0 bridgehead atoms. The summed E-state index contributed by atoms with van der Waals surface area (Å²) < 4.78 is 0. The minimum absolute atomic E-state index is 0.164. The van der Waals surface area contributed by atoms with Gasteiger partial charge in [0.2, 0.25) is 0 Å². The fourth-order valence-corrected chi connectivity index (χ4v) is 3.93. The molecule has 0 radical (unpaired) electrons. The number of nitrogens with zero attached hydrogens (tertiary/aromatic N) is 3. The lowest BCUT2D eigenvalue weighted by Gasteiger charge is -2.25. The number of nitrogens with one attached hydrogen (secondary N) is 1. The van der Waals surface area contributed by atoms with Gasteiger partial charge in [0.05, 0.1) is 16.8 Å². The second-order valence-corrected chi connectivity index (χ2v) is 7.17. The SMILES string of the molecule is O=C(Nc1nc(CN2CCCCC2)cs1)c1cccc2cccnc12. The molecule has 2 aromatic heterocycles. The molecule has 25 heavy (non-hydrogen) atoms. The monoisotopic (exact) mass is 352 g/mol. The fraction of sp³-hybridized carbons (Fsp3) is 0.316. The molecule has 6 heteroatoms. The molecule has 1 aliphatic heterocycles. The molecule has 128 valence electrons. The average molecular weight is 352 g/mol. The first-order valence-corrected chi connectivity index (χ1v) is 9.49. The van der Waals surface area contributed by atoms with Crippen LogP contribution in [0.25, 0.3) is 10.9 Å². The smallest absolute Gasteiger partial charge is 0.259 e. The van der Waals surface area contributed by atoms with Crippen LogP contribution in [-0.4, -0.2) is 33.9 Å². The Morgan fingerprint density at radius 1 is 1.16 bits per heavy atom. The summed E-state index contributed by atoms with van der Waals surface area (Å²) in [5.41, 5.74) is 2.32. The third kappa shape index (κ3) is 3.70. The molecule has 1 N–H and O–H groups in total. The largest absolute Gasteiger partial charge is 0.298 e. The van der Waals surface area contributed by atoms with E-state index in [1.54, 1.807) is 12.3 Å². The van der Waals surface area contributed by atoms with Crippen molar-refractivity contribution in [1.29, 1.82) is 0 Å². The van der Waals surface area contributed by atoms with Gasteiger partial charge in [0.15, 0.2) is 5.13 Å². The van der Waals surface area contributed by atoms with Crippen LogP contribution in [0, 0.1) is 0 Å². The number of amides is 1. The molecular formula is C19H20N4OS. The number of para-hydroxylation sites is 1. The molecule has 0 unspecified atom stereocenters. The van der Waals surface area contributed by atoms with Crippen molar-refractivity contribution in [3.63, 3.8) is 0 Å². The summed E-state index contributed by atoms with van der Waals surface area (Å²) in [6.07, 6.45) is 5.57. The quantitative estimate of drug-likeness (QED) is 0.773. The van der Waals surface area contributed by atoms with Gasteiger partial charge in [-0.05, 0) is 38.1 Å². The number of aromatic nitrogens is 2. The maximum absolute atomic E-state index is 12.6. The molecule has 1 aromatic carbocycles. The van der Waals surface area contributed by atoms with Crippen molar-refractivity contribution < 1.29 is 4.79 Å².